The second-order valence-corrected chi connectivity index (χ2v) is 14.2. The lowest BCUT2D eigenvalue weighted by molar-refractivity contribution is -0.149. The van der Waals surface area contributed by atoms with Crippen LogP contribution in [0.25, 0.3) is 0 Å². The van der Waals surface area contributed by atoms with Crippen molar-refractivity contribution in [1.82, 2.24) is 30.7 Å². The van der Waals surface area contributed by atoms with Crippen LogP contribution in [0.3, 0.4) is 0 Å². The minimum absolute atomic E-state index is 0.0565. The van der Waals surface area contributed by atoms with Gasteiger partial charge in [0.25, 0.3) is 0 Å². The van der Waals surface area contributed by atoms with E-state index in [9.17, 15) is 28.8 Å². The van der Waals surface area contributed by atoms with Gasteiger partial charge in [-0.25, -0.2) is 0 Å². The summed E-state index contributed by atoms with van der Waals surface area (Å²) in [5.74, 6) is -1.79. The summed E-state index contributed by atoms with van der Waals surface area (Å²) < 4.78 is 15.9. The number of amides is 6. The van der Waals surface area contributed by atoms with Gasteiger partial charge in [-0.05, 0) is 73.9 Å². The molecule has 0 bridgehead atoms. The second-order valence-electron chi connectivity index (χ2n) is 14.2. The number of nitrogens with zero attached hydrogens (tertiary/aromatic N) is 3. The van der Waals surface area contributed by atoms with E-state index >= 15 is 0 Å². The van der Waals surface area contributed by atoms with Gasteiger partial charge in [0.2, 0.25) is 35.4 Å². The van der Waals surface area contributed by atoms with Crippen LogP contribution in [0.15, 0.2) is 72.8 Å². The highest BCUT2D eigenvalue weighted by molar-refractivity contribution is 5.98. The van der Waals surface area contributed by atoms with Gasteiger partial charge in [-0.3, -0.25) is 28.8 Å². The van der Waals surface area contributed by atoms with E-state index in [1.54, 1.807) is 72.8 Å². The Labute approximate surface area is 334 Å². The molecule has 306 valence electrons. The minimum atomic E-state index is -1.14. The van der Waals surface area contributed by atoms with E-state index < -0.39 is 71.7 Å². The minimum Gasteiger partial charge on any atom is -0.497 e. The van der Waals surface area contributed by atoms with Crippen LogP contribution in [0.4, 0.5) is 0 Å². The third kappa shape index (κ3) is 11.0. The van der Waals surface area contributed by atoms with E-state index in [1.807, 2.05) is 0 Å². The number of carbonyl (C=O) groups excluding carboxylic acids is 6. The van der Waals surface area contributed by atoms with Crippen LogP contribution in [-0.2, 0) is 48.0 Å². The summed E-state index contributed by atoms with van der Waals surface area (Å²) in [6.07, 6.45) is 0.183. The van der Waals surface area contributed by atoms with Gasteiger partial charge >= 0.3 is 0 Å². The number of carbonyl (C=O) groups is 6. The van der Waals surface area contributed by atoms with Gasteiger partial charge in [0.15, 0.2) is 0 Å². The van der Waals surface area contributed by atoms with Crippen LogP contribution in [0.1, 0.15) is 37.5 Å². The highest BCUT2D eigenvalue weighted by atomic mass is 16.5. The number of rotatable bonds is 9. The first-order valence-electron chi connectivity index (χ1n) is 18.7. The van der Waals surface area contributed by atoms with Crippen molar-refractivity contribution >= 4 is 35.4 Å². The van der Waals surface area contributed by atoms with Crippen molar-refractivity contribution in [1.29, 1.82) is 0 Å². The van der Waals surface area contributed by atoms with E-state index in [0.29, 0.717) is 33.9 Å². The highest BCUT2D eigenvalue weighted by Gasteiger charge is 2.39. The molecule has 15 nitrogen and oxygen atoms in total. The molecule has 0 aromatic heterocycles. The molecule has 0 radical (unpaired) electrons. The number of methoxy groups -OCH3 is 3. The summed E-state index contributed by atoms with van der Waals surface area (Å²) >= 11 is 0. The maximum atomic E-state index is 14.7. The van der Waals surface area contributed by atoms with E-state index in [4.69, 9.17) is 14.2 Å². The molecule has 1 saturated heterocycles. The van der Waals surface area contributed by atoms with E-state index in [1.165, 1.54) is 77.9 Å². The van der Waals surface area contributed by atoms with E-state index in [2.05, 4.69) is 16.0 Å². The Morgan fingerprint density at radius 2 is 0.702 bits per heavy atom. The van der Waals surface area contributed by atoms with Gasteiger partial charge in [0.05, 0.1) is 21.3 Å². The largest absolute Gasteiger partial charge is 0.497 e. The van der Waals surface area contributed by atoms with Gasteiger partial charge in [0.1, 0.15) is 53.5 Å². The number of nitrogens with one attached hydrogen (secondary N) is 3. The highest BCUT2D eigenvalue weighted by Crippen LogP contribution is 2.21. The lowest BCUT2D eigenvalue weighted by atomic mass is 9.99. The molecule has 0 unspecified atom stereocenters. The van der Waals surface area contributed by atoms with Gasteiger partial charge in [0, 0.05) is 40.4 Å². The third-order valence-corrected chi connectivity index (χ3v) is 10.3. The van der Waals surface area contributed by atoms with Crippen LogP contribution < -0.4 is 30.2 Å². The molecule has 1 aliphatic rings. The second kappa shape index (κ2) is 19.6. The summed E-state index contributed by atoms with van der Waals surface area (Å²) in [7, 11) is 9.00. The first-order chi connectivity index (χ1) is 27.1. The summed E-state index contributed by atoms with van der Waals surface area (Å²) in [4.78, 5) is 88.2. The van der Waals surface area contributed by atoms with Gasteiger partial charge in [-0.15, -0.1) is 0 Å². The molecule has 6 atom stereocenters. The first kappa shape index (κ1) is 43.6. The van der Waals surface area contributed by atoms with Crippen molar-refractivity contribution in [3.8, 4) is 17.2 Å². The fourth-order valence-corrected chi connectivity index (χ4v) is 6.61. The standard InChI is InChI=1S/C42H54N6O9/c1-25-37(49)44-26(2)40(52)46(4)34(22-28-10-16-31(55-7)17-11-28)39(51)45-27(3)41(53)48(6)36(24-30-14-20-33(57-9)21-15-30)42(54)47(5)35(38(50)43-25)23-29-12-18-32(56-8)19-13-29/h10-21,25-27,34-36H,22-24H2,1-9H3,(H,43,50)(H,44,49)(H,45,51)/t25-,26+,27+,34+,35+,36+/m1/s1. The lowest BCUT2D eigenvalue weighted by Gasteiger charge is -2.36. The topological polar surface area (TPSA) is 176 Å². The molecule has 15 heteroatoms. The molecule has 57 heavy (non-hydrogen) atoms. The van der Waals surface area contributed by atoms with E-state index in [-0.39, 0.29) is 19.3 Å². The van der Waals surface area contributed by atoms with Gasteiger partial charge in [-0.2, -0.15) is 0 Å². The fraction of sp³-hybridized carbons (Fsp3) is 0.429. The maximum absolute atomic E-state index is 14.7. The molecular formula is C42H54N6O9. The SMILES string of the molecule is COc1ccc(C[C@H]2C(=O)N[C@@H](C)C(=O)N(C)[C@@H](Cc3ccc(OC)cc3)C(=O)N(C)[C@@H](Cc3ccc(OC)cc3)C(=O)N[C@H](C)C(=O)N[C@@H](C)C(=O)N2C)cc1. The van der Waals surface area contributed by atoms with Crippen LogP contribution >= 0.6 is 0 Å². The molecule has 0 spiro atoms. The molecule has 1 fully saturated rings. The number of hydrogen-bond donors (Lipinski definition) is 3. The van der Waals surface area contributed by atoms with Crippen molar-refractivity contribution < 1.29 is 43.0 Å². The zero-order chi connectivity index (χ0) is 42.0. The molecule has 0 aliphatic carbocycles. The number of benzene rings is 3. The quantitative estimate of drug-likeness (QED) is 0.292. The molecule has 1 heterocycles. The van der Waals surface area contributed by atoms with Gasteiger partial charge in [-0.1, -0.05) is 36.4 Å². The molecule has 4 rings (SSSR count). The van der Waals surface area contributed by atoms with Crippen molar-refractivity contribution in [2.45, 2.75) is 76.3 Å². The van der Waals surface area contributed by atoms with Crippen molar-refractivity contribution in [2.24, 2.45) is 0 Å². The Hall–Kier alpha value is -6.12. The smallest absolute Gasteiger partial charge is 0.246 e. The van der Waals surface area contributed by atoms with Crippen molar-refractivity contribution in [3.05, 3.63) is 89.5 Å². The number of likely N-dealkylation sites (N-methyl/N-ethyl adjacent to an activating group) is 3. The van der Waals surface area contributed by atoms with Crippen LogP contribution in [0, 0.1) is 0 Å². The fourth-order valence-electron chi connectivity index (χ4n) is 6.61. The zero-order valence-electron chi connectivity index (χ0n) is 34.0. The predicted octanol–water partition coefficient (Wildman–Crippen LogP) is 1.75. The molecule has 6 amide bonds. The first-order valence-corrected chi connectivity index (χ1v) is 18.7. The third-order valence-electron chi connectivity index (χ3n) is 10.3. The Bertz CT molecular complexity index is 1890. The summed E-state index contributed by atoms with van der Waals surface area (Å²) in [5.41, 5.74) is 2.12. The number of hydrogen-bond acceptors (Lipinski definition) is 9. The monoisotopic (exact) mass is 786 g/mol. The van der Waals surface area contributed by atoms with Crippen molar-refractivity contribution in [3.63, 3.8) is 0 Å². The number of ether oxygens (including phenoxy) is 3. The predicted molar refractivity (Wildman–Crippen MR) is 213 cm³/mol. The normalized spacial score (nSPS) is 23.2. The summed E-state index contributed by atoms with van der Waals surface area (Å²) in [6, 6.07) is 14.3. The Balaban J connectivity index is 1.77. The Morgan fingerprint density at radius 3 is 1.05 bits per heavy atom. The van der Waals surface area contributed by atoms with Crippen molar-refractivity contribution in [2.75, 3.05) is 42.5 Å². The average molecular weight is 787 g/mol. The lowest BCUT2D eigenvalue weighted by Crippen LogP contribution is -2.61. The molecule has 3 aromatic carbocycles. The molecule has 1 aliphatic heterocycles. The summed E-state index contributed by atoms with van der Waals surface area (Å²) in [6.45, 7) is 4.46. The summed E-state index contributed by atoms with van der Waals surface area (Å²) in [5, 5.41) is 8.15. The van der Waals surface area contributed by atoms with Crippen LogP contribution in [0.2, 0.25) is 0 Å². The Kier molecular flexibility index (Phi) is 15.0. The maximum Gasteiger partial charge on any atom is 0.246 e. The zero-order valence-corrected chi connectivity index (χ0v) is 34.0. The van der Waals surface area contributed by atoms with Gasteiger partial charge < -0.3 is 44.9 Å². The molecule has 3 N–H and O–H groups in total. The van der Waals surface area contributed by atoms with Crippen LogP contribution in [-0.4, -0.2) is 129 Å². The molecular weight excluding hydrogens is 732 g/mol. The molecule has 3 aromatic rings. The average Bonchev–Trinajstić information content (AvgIpc) is 3.22. The Morgan fingerprint density at radius 1 is 0.421 bits per heavy atom. The van der Waals surface area contributed by atoms with Crippen LogP contribution in [0.5, 0.6) is 17.2 Å². The molecule has 0 saturated carbocycles. The van der Waals surface area contributed by atoms with E-state index in [0.717, 1.165) is 0 Å².